The van der Waals surface area contributed by atoms with Crippen molar-refractivity contribution in [1.82, 2.24) is 9.55 Å². The van der Waals surface area contributed by atoms with Crippen LogP contribution >= 0.6 is 12.4 Å². The van der Waals surface area contributed by atoms with Crippen LogP contribution < -0.4 is 16.0 Å². The molecule has 0 atom stereocenters. The summed E-state index contributed by atoms with van der Waals surface area (Å²) < 4.78 is 7.06. The number of nitrogens with two attached hydrogens (primary N) is 1. The summed E-state index contributed by atoms with van der Waals surface area (Å²) in [5.41, 5.74) is 10.9. The van der Waals surface area contributed by atoms with Gasteiger partial charge in [0.2, 0.25) is 0 Å². The molecule has 0 aliphatic heterocycles. The van der Waals surface area contributed by atoms with E-state index in [-0.39, 0.29) is 43.1 Å². The molecule has 1 amide bonds. The van der Waals surface area contributed by atoms with Crippen LogP contribution in [0.15, 0.2) is 66.7 Å². The Morgan fingerprint density at radius 1 is 1.08 bits per heavy atom. The third-order valence-corrected chi connectivity index (χ3v) is 6.27. The number of ether oxygens (including phenoxy) is 1. The van der Waals surface area contributed by atoms with Crippen molar-refractivity contribution in [2.75, 3.05) is 23.4 Å². The Labute approximate surface area is 233 Å². The first kappa shape index (κ1) is 29.2. The van der Waals surface area contributed by atoms with Gasteiger partial charge in [-0.1, -0.05) is 12.1 Å². The number of carbonyl (C=O) groups is 2. The Kier molecular flexibility index (Phi) is 9.68. The number of amidine groups is 1. The van der Waals surface area contributed by atoms with E-state index < -0.39 is 0 Å². The molecule has 4 rings (SSSR count). The van der Waals surface area contributed by atoms with Gasteiger partial charge in [-0.25, -0.2) is 4.98 Å². The zero-order valence-corrected chi connectivity index (χ0v) is 23.0. The number of esters is 1. The van der Waals surface area contributed by atoms with E-state index in [1.54, 1.807) is 36.1 Å². The average Bonchev–Trinajstić information content (AvgIpc) is 3.22. The molecule has 204 valence electrons. The molecule has 1 aromatic heterocycles. The summed E-state index contributed by atoms with van der Waals surface area (Å²) in [7, 11) is 1.94. The van der Waals surface area contributed by atoms with Gasteiger partial charge in [0.05, 0.1) is 30.6 Å². The van der Waals surface area contributed by atoms with Crippen LogP contribution in [0, 0.1) is 12.3 Å². The van der Waals surface area contributed by atoms with Gasteiger partial charge in [0.15, 0.2) is 0 Å². The monoisotopic (exact) mass is 548 g/mol. The summed E-state index contributed by atoms with van der Waals surface area (Å²) in [5, 5.41) is 10.9. The van der Waals surface area contributed by atoms with E-state index in [1.165, 1.54) is 0 Å². The maximum Gasteiger partial charge on any atom is 0.307 e. The molecule has 0 saturated heterocycles. The molecule has 39 heavy (non-hydrogen) atoms. The number of imidazole rings is 1. The highest BCUT2D eigenvalue weighted by molar-refractivity contribution is 6.08. The number of aromatic nitrogens is 2. The molecule has 0 aliphatic carbocycles. The van der Waals surface area contributed by atoms with E-state index in [9.17, 15) is 9.59 Å². The topological polar surface area (TPSA) is 126 Å². The van der Waals surface area contributed by atoms with Gasteiger partial charge in [-0.05, 0) is 74.0 Å². The molecule has 0 aliphatic rings. The third-order valence-electron chi connectivity index (χ3n) is 6.27. The predicted molar refractivity (Wildman–Crippen MR) is 157 cm³/mol. The highest BCUT2D eigenvalue weighted by atomic mass is 35.5. The minimum Gasteiger partial charge on any atom is -0.466 e. The van der Waals surface area contributed by atoms with Crippen molar-refractivity contribution in [2.24, 2.45) is 12.8 Å². The van der Waals surface area contributed by atoms with Crippen LogP contribution in [-0.4, -0.2) is 40.4 Å². The molecular weight excluding hydrogens is 516 g/mol. The quantitative estimate of drug-likeness (QED) is 0.148. The van der Waals surface area contributed by atoms with Gasteiger partial charge < -0.3 is 25.3 Å². The lowest BCUT2D eigenvalue weighted by molar-refractivity contribution is -0.142. The lowest BCUT2D eigenvalue weighted by Crippen LogP contribution is -2.33. The van der Waals surface area contributed by atoms with E-state index in [2.05, 4.69) is 5.32 Å². The number of nitrogens with zero attached hydrogens (tertiary/aromatic N) is 3. The van der Waals surface area contributed by atoms with E-state index in [0.29, 0.717) is 29.8 Å². The fraction of sp³-hybridized carbons (Fsp3) is 0.241. The molecule has 3 aromatic carbocycles. The normalized spacial score (nSPS) is 10.5. The number of amides is 1. The summed E-state index contributed by atoms with van der Waals surface area (Å²) in [5.74, 6) is 0.279. The van der Waals surface area contributed by atoms with Gasteiger partial charge in [-0.2, -0.15) is 0 Å². The second-order valence-corrected chi connectivity index (χ2v) is 8.99. The standard InChI is InChI=1S/C29H32N6O3.ClH/c1-4-38-27(36)14-15-35(23-7-5-6-19(2)16-23)29(37)21-10-13-25-24(17-21)33-26(34(25)3)18-32-22-11-8-20(9-12-22)28(30)31;/h5-13,16-17,32H,4,14-15,18H2,1-3H3,(H3,30,31);1H. The average molecular weight is 549 g/mol. The molecule has 0 radical (unpaired) electrons. The fourth-order valence-corrected chi connectivity index (χ4v) is 4.23. The Morgan fingerprint density at radius 3 is 2.46 bits per heavy atom. The number of fused-ring (bicyclic) bond motifs is 1. The molecule has 0 saturated carbocycles. The zero-order chi connectivity index (χ0) is 27.2. The smallest absolute Gasteiger partial charge is 0.307 e. The number of hydrogen-bond acceptors (Lipinski definition) is 6. The van der Waals surface area contributed by atoms with Gasteiger partial charge >= 0.3 is 5.97 Å². The van der Waals surface area contributed by atoms with E-state index in [0.717, 1.165) is 28.3 Å². The van der Waals surface area contributed by atoms with Crippen LogP contribution in [0.1, 0.15) is 40.7 Å². The molecule has 4 N–H and O–H groups in total. The number of carbonyl (C=O) groups excluding carboxylic acids is 2. The molecule has 0 unspecified atom stereocenters. The molecule has 4 aromatic rings. The number of anilines is 2. The maximum absolute atomic E-state index is 13.7. The fourth-order valence-electron chi connectivity index (χ4n) is 4.23. The SMILES string of the molecule is CCOC(=O)CCN(C(=O)c1ccc2c(c1)nc(CNc1ccc(C(=N)N)cc1)n2C)c1cccc(C)c1.Cl. The lowest BCUT2D eigenvalue weighted by atomic mass is 10.1. The highest BCUT2D eigenvalue weighted by Gasteiger charge is 2.21. The summed E-state index contributed by atoms with van der Waals surface area (Å²) in [6, 6.07) is 20.4. The molecular formula is C29H33ClN6O3. The van der Waals surface area contributed by atoms with Gasteiger partial charge in [0, 0.05) is 36.1 Å². The molecule has 0 spiro atoms. The molecule has 10 heteroatoms. The van der Waals surface area contributed by atoms with Crippen molar-refractivity contribution in [3.63, 3.8) is 0 Å². The zero-order valence-electron chi connectivity index (χ0n) is 22.2. The van der Waals surface area contributed by atoms with Gasteiger partial charge in [-0.15, -0.1) is 12.4 Å². The first-order valence-electron chi connectivity index (χ1n) is 12.4. The van der Waals surface area contributed by atoms with Gasteiger partial charge in [0.25, 0.3) is 5.91 Å². The van der Waals surface area contributed by atoms with Crippen molar-refractivity contribution in [1.29, 1.82) is 5.41 Å². The van der Waals surface area contributed by atoms with Crippen molar-refractivity contribution < 1.29 is 14.3 Å². The Bertz CT molecular complexity index is 1480. The first-order valence-corrected chi connectivity index (χ1v) is 12.4. The molecule has 0 fully saturated rings. The first-order chi connectivity index (χ1) is 18.3. The number of rotatable bonds is 10. The third kappa shape index (κ3) is 6.94. The second-order valence-electron chi connectivity index (χ2n) is 8.99. The Morgan fingerprint density at radius 2 is 1.79 bits per heavy atom. The van der Waals surface area contributed by atoms with Crippen molar-refractivity contribution in [2.45, 2.75) is 26.8 Å². The van der Waals surface area contributed by atoms with Crippen LogP contribution in [0.3, 0.4) is 0 Å². The second kappa shape index (κ2) is 12.9. The van der Waals surface area contributed by atoms with Crippen LogP contribution in [-0.2, 0) is 23.1 Å². The summed E-state index contributed by atoms with van der Waals surface area (Å²) in [4.78, 5) is 32.1. The van der Waals surface area contributed by atoms with Gasteiger partial charge in [0.1, 0.15) is 11.7 Å². The van der Waals surface area contributed by atoms with Crippen LogP contribution in [0.4, 0.5) is 11.4 Å². The highest BCUT2D eigenvalue weighted by Crippen LogP contribution is 2.23. The number of nitrogens with one attached hydrogen (secondary N) is 2. The number of aryl methyl sites for hydroxylation is 2. The van der Waals surface area contributed by atoms with Crippen LogP contribution in [0.2, 0.25) is 0 Å². The predicted octanol–water partition coefficient (Wildman–Crippen LogP) is 4.80. The Balaban J connectivity index is 0.00000420. The van der Waals surface area contributed by atoms with Crippen molar-refractivity contribution in [3.8, 4) is 0 Å². The molecule has 0 bridgehead atoms. The largest absolute Gasteiger partial charge is 0.466 e. The van der Waals surface area contributed by atoms with E-state index in [4.69, 9.17) is 20.9 Å². The number of halogens is 1. The number of nitrogen functional groups attached to an aromatic ring is 1. The number of benzene rings is 3. The van der Waals surface area contributed by atoms with Crippen LogP contribution in [0.25, 0.3) is 11.0 Å². The van der Waals surface area contributed by atoms with E-state index >= 15 is 0 Å². The summed E-state index contributed by atoms with van der Waals surface area (Å²) in [6.45, 7) is 4.71. The minimum atomic E-state index is -0.341. The minimum absolute atomic E-state index is 0. The lowest BCUT2D eigenvalue weighted by Gasteiger charge is -2.23. The van der Waals surface area contributed by atoms with Gasteiger partial charge in [-0.3, -0.25) is 15.0 Å². The molecule has 9 nitrogen and oxygen atoms in total. The van der Waals surface area contributed by atoms with Crippen LogP contribution in [0.5, 0.6) is 0 Å². The number of hydrogen-bond donors (Lipinski definition) is 3. The summed E-state index contributed by atoms with van der Waals surface area (Å²) >= 11 is 0. The van der Waals surface area contributed by atoms with Crippen molar-refractivity contribution >= 4 is 52.5 Å². The Hall–Kier alpha value is -4.37. The van der Waals surface area contributed by atoms with Crippen molar-refractivity contribution in [3.05, 3.63) is 89.2 Å². The van der Waals surface area contributed by atoms with E-state index in [1.807, 2.05) is 61.0 Å². The summed E-state index contributed by atoms with van der Waals surface area (Å²) in [6.07, 6.45) is 0.0998. The molecule has 1 heterocycles. The maximum atomic E-state index is 13.7.